The van der Waals surface area contributed by atoms with Gasteiger partial charge in [-0.3, -0.25) is 0 Å². The van der Waals surface area contributed by atoms with Crippen molar-refractivity contribution in [3.8, 4) is 5.75 Å². The van der Waals surface area contributed by atoms with Crippen LogP contribution in [-0.4, -0.2) is 19.6 Å². The number of hydrogen-bond donors (Lipinski definition) is 0. The molecule has 0 N–H and O–H groups in total. The highest BCUT2D eigenvalue weighted by molar-refractivity contribution is 6.17. The van der Waals surface area contributed by atoms with Gasteiger partial charge in [0.05, 0.1) is 19.8 Å². The van der Waals surface area contributed by atoms with Crippen LogP contribution in [0.15, 0.2) is 24.3 Å². The first kappa shape index (κ1) is 11.3. The van der Waals surface area contributed by atoms with Gasteiger partial charge in [0.25, 0.3) is 0 Å². The van der Waals surface area contributed by atoms with Crippen LogP contribution in [0.2, 0.25) is 0 Å². The summed E-state index contributed by atoms with van der Waals surface area (Å²) >= 11 is 5.54. The van der Waals surface area contributed by atoms with E-state index in [4.69, 9.17) is 21.1 Å². The summed E-state index contributed by atoms with van der Waals surface area (Å²) in [6, 6.07) is 7.85. The van der Waals surface area contributed by atoms with Crippen LogP contribution < -0.4 is 4.74 Å². The zero-order valence-electron chi connectivity index (χ0n) is 8.50. The monoisotopic (exact) mass is 214 g/mol. The fourth-order valence-electron chi connectivity index (χ4n) is 1.19. The van der Waals surface area contributed by atoms with Gasteiger partial charge in [-0.15, -0.1) is 11.6 Å². The quantitative estimate of drug-likeness (QED) is 0.702. The van der Waals surface area contributed by atoms with E-state index in [2.05, 4.69) is 0 Å². The maximum absolute atomic E-state index is 5.54. The molecule has 1 rings (SSSR count). The lowest BCUT2D eigenvalue weighted by molar-refractivity contribution is 0.0778. The zero-order valence-corrected chi connectivity index (χ0v) is 9.25. The molecule has 0 fully saturated rings. The molecule has 0 aliphatic rings. The Balaban J connectivity index is 2.57. The fraction of sp³-hybridized carbons (Fsp3) is 0.455. The average molecular weight is 215 g/mol. The first-order chi connectivity index (χ1) is 6.77. The molecule has 0 bridgehead atoms. The molecule has 0 spiro atoms. The maximum Gasteiger partial charge on any atom is 0.118 e. The first-order valence-corrected chi connectivity index (χ1v) is 5.13. The largest absolute Gasteiger partial charge is 0.497 e. The van der Waals surface area contributed by atoms with E-state index in [-0.39, 0.29) is 6.10 Å². The summed E-state index contributed by atoms with van der Waals surface area (Å²) in [6.45, 7) is 2.59. The van der Waals surface area contributed by atoms with Gasteiger partial charge in [-0.2, -0.15) is 0 Å². The van der Waals surface area contributed by atoms with Gasteiger partial charge >= 0.3 is 0 Å². The number of halogens is 1. The van der Waals surface area contributed by atoms with Gasteiger partial charge in [0.1, 0.15) is 5.75 Å². The van der Waals surface area contributed by atoms with Crippen molar-refractivity contribution < 1.29 is 9.47 Å². The number of ether oxygens (including phenoxy) is 2. The molecule has 0 aromatic heterocycles. The predicted molar refractivity (Wildman–Crippen MR) is 58.1 cm³/mol. The summed E-state index contributed by atoms with van der Waals surface area (Å²) in [5.41, 5.74) is 1.14. The second-order valence-corrected chi connectivity index (χ2v) is 3.35. The van der Waals surface area contributed by atoms with Crippen LogP contribution in [-0.2, 0) is 4.74 Å². The van der Waals surface area contributed by atoms with Crippen LogP contribution in [0.4, 0.5) is 0 Å². The summed E-state index contributed by atoms with van der Waals surface area (Å²) in [7, 11) is 1.66. The molecule has 78 valence electrons. The topological polar surface area (TPSA) is 18.5 Å². The lowest BCUT2D eigenvalue weighted by Crippen LogP contribution is -2.02. The highest BCUT2D eigenvalue weighted by atomic mass is 35.5. The van der Waals surface area contributed by atoms with E-state index >= 15 is 0 Å². The Morgan fingerprint density at radius 1 is 1.29 bits per heavy atom. The Hall–Kier alpha value is -0.730. The van der Waals surface area contributed by atoms with E-state index in [0.717, 1.165) is 11.3 Å². The van der Waals surface area contributed by atoms with Crippen molar-refractivity contribution in [1.82, 2.24) is 0 Å². The van der Waals surface area contributed by atoms with E-state index in [1.54, 1.807) is 7.11 Å². The fourth-order valence-corrected chi connectivity index (χ4v) is 1.28. The Labute approximate surface area is 89.8 Å². The molecule has 0 aliphatic heterocycles. The van der Waals surface area contributed by atoms with Crippen molar-refractivity contribution in [2.45, 2.75) is 13.0 Å². The molecule has 2 nitrogen and oxygen atoms in total. The van der Waals surface area contributed by atoms with Crippen LogP contribution >= 0.6 is 11.6 Å². The van der Waals surface area contributed by atoms with E-state index in [0.29, 0.717) is 12.5 Å². The Morgan fingerprint density at radius 2 is 1.93 bits per heavy atom. The number of benzene rings is 1. The number of rotatable bonds is 5. The smallest absolute Gasteiger partial charge is 0.118 e. The maximum atomic E-state index is 5.54. The van der Waals surface area contributed by atoms with Gasteiger partial charge in [0, 0.05) is 5.88 Å². The first-order valence-electron chi connectivity index (χ1n) is 4.59. The number of alkyl halides is 1. The molecule has 3 heteroatoms. The molecular weight excluding hydrogens is 200 g/mol. The van der Waals surface area contributed by atoms with Crippen molar-refractivity contribution in [3.63, 3.8) is 0 Å². The van der Waals surface area contributed by atoms with Crippen LogP contribution in [0.1, 0.15) is 18.6 Å². The van der Waals surface area contributed by atoms with Crippen LogP contribution in [0.3, 0.4) is 0 Å². The Morgan fingerprint density at radius 3 is 2.43 bits per heavy atom. The second kappa shape index (κ2) is 5.89. The van der Waals surface area contributed by atoms with Crippen molar-refractivity contribution in [3.05, 3.63) is 29.8 Å². The second-order valence-electron chi connectivity index (χ2n) is 2.98. The molecule has 0 aliphatic carbocycles. The minimum Gasteiger partial charge on any atom is -0.497 e. The van der Waals surface area contributed by atoms with Crippen LogP contribution in [0.25, 0.3) is 0 Å². The SMILES string of the molecule is COc1ccc(C(C)OCCCl)cc1. The van der Waals surface area contributed by atoms with Crippen molar-refractivity contribution in [2.75, 3.05) is 19.6 Å². The van der Waals surface area contributed by atoms with E-state index in [9.17, 15) is 0 Å². The van der Waals surface area contributed by atoms with Crippen molar-refractivity contribution in [2.24, 2.45) is 0 Å². The zero-order chi connectivity index (χ0) is 10.4. The number of methoxy groups -OCH3 is 1. The Bertz CT molecular complexity index is 258. The van der Waals surface area contributed by atoms with Gasteiger partial charge < -0.3 is 9.47 Å². The molecule has 14 heavy (non-hydrogen) atoms. The molecule has 1 aromatic rings. The van der Waals surface area contributed by atoms with Gasteiger partial charge in [0.15, 0.2) is 0 Å². The molecule has 0 saturated carbocycles. The molecule has 0 heterocycles. The minimum atomic E-state index is 0.0830. The van der Waals surface area contributed by atoms with Gasteiger partial charge in [-0.25, -0.2) is 0 Å². The average Bonchev–Trinajstić information content (AvgIpc) is 2.26. The Kier molecular flexibility index (Phi) is 4.77. The highest BCUT2D eigenvalue weighted by Gasteiger charge is 2.04. The summed E-state index contributed by atoms with van der Waals surface area (Å²) in [6.07, 6.45) is 0.0830. The van der Waals surface area contributed by atoms with Gasteiger partial charge in [-0.1, -0.05) is 12.1 Å². The lowest BCUT2D eigenvalue weighted by Gasteiger charge is -2.12. The number of hydrogen-bond acceptors (Lipinski definition) is 2. The van der Waals surface area contributed by atoms with Crippen LogP contribution in [0.5, 0.6) is 5.75 Å². The van der Waals surface area contributed by atoms with E-state index in [1.807, 2.05) is 31.2 Å². The molecule has 0 saturated heterocycles. The van der Waals surface area contributed by atoms with E-state index in [1.165, 1.54) is 0 Å². The van der Waals surface area contributed by atoms with Crippen molar-refractivity contribution >= 4 is 11.6 Å². The van der Waals surface area contributed by atoms with E-state index < -0.39 is 0 Å². The summed E-state index contributed by atoms with van der Waals surface area (Å²) in [5, 5.41) is 0. The summed E-state index contributed by atoms with van der Waals surface area (Å²) in [4.78, 5) is 0. The predicted octanol–water partition coefficient (Wildman–Crippen LogP) is 3.01. The van der Waals surface area contributed by atoms with Gasteiger partial charge in [-0.05, 0) is 24.6 Å². The summed E-state index contributed by atoms with van der Waals surface area (Å²) in [5.74, 6) is 1.39. The van der Waals surface area contributed by atoms with Gasteiger partial charge in [0.2, 0.25) is 0 Å². The van der Waals surface area contributed by atoms with Crippen LogP contribution in [0, 0.1) is 0 Å². The molecule has 1 atom stereocenters. The normalized spacial score (nSPS) is 12.5. The van der Waals surface area contributed by atoms with Crippen molar-refractivity contribution in [1.29, 1.82) is 0 Å². The third-order valence-electron chi connectivity index (χ3n) is 2.03. The molecule has 0 amide bonds. The standard InChI is InChI=1S/C11H15ClO2/c1-9(14-8-7-12)10-3-5-11(13-2)6-4-10/h3-6,9H,7-8H2,1-2H3. The molecule has 1 aromatic carbocycles. The molecule has 1 unspecified atom stereocenters. The lowest BCUT2D eigenvalue weighted by atomic mass is 10.1. The third-order valence-corrected chi connectivity index (χ3v) is 2.18. The third kappa shape index (κ3) is 3.20. The summed E-state index contributed by atoms with van der Waals surface area (Å²) < 4.78 is 10.5. The minimum absolute atomic E-state index is 0.0830. The highest BCUT2D eigenvalue weighted by Crippen LogP contribution is 2.19. The molecule has 0 radical (unpaired) electrons. The molecular formula is C11H15ClO2.